The predicted octanol–water partition coefficient (Wildman–Crippen LogP) is 3.95. The van der Waals surface area contributed by atoms with Crippen LogP contribution in [0.25, 0.3) is 0 Å². The van der Waals surface area contributed by atoms with Gasteiger partial charge in [-0.15, -0.1) is 0 Å². The molecule has 2 heterocycles. The number of sulfone groups is 1. The molecule has 0 aliphatic carbocycles. The van der Waals surface area contributed by atoms with Crippen molar-refractivity contribution < 1.29 is 22.4 Å². The Morgan fingerprint density at radius 2 is 1.73 bits per heavy atom. The number of nitrogens with zero attached hydrogens (tertiary/aromatic N) is 2. The second-order valence-electron chi connectivity index (χ2n) is 8.07. The quantitative estimate of drug-likeness (QED) is 0.564. The molecule has 168 valence electrons. The minimum atomic E-state index is -4.31. The molecular weight excluding hydrogens is 467 g/mol. The third-order valence-electron chi connectivity index (χ3n) is 6.17. The molecule has 0 N–H and O–H groups in total. The molecule has 0 radical (unpaired) electrons. The Morgan fingerprint density at radius 1 is 1.03 bits per heavy atom. The number of anilines is 2. The second-order valence-corrected chi connectivity index (χ2v) is 10.6. The molecule has 0 bridgehead atoms. The normalized spacial score (nSPS) is 21.2. The SMILES string of the molecule is Cc1ccccc1CN1C(=O)[C@]2(c3ccccc31)N(c1ccc(F)c(Cl)c1)C(=O)CS2(=O)=O. The van der Waals surface area contributed by atoms with Gasteiger partial charge in [0.05, 0.1) is 17.3 Å². The van der Waals surface area contributed by atoms with Crippen LogP contribution in [0, 0.1) is 12.7 Å². The van der Waals surface area contributed by atoms with Crippen LogP contribution in [0.2, 0.25) is 5.02 Å². The van der Waals surface area contributed by atoms with Crippen molar-refractivity contribution in [1.29, 1.82) is 0 Å². The highest BCUT2D eigenvalue weighted by Crippen LogP contribution is 2.53. The van der Waals surface area contributed by atoms with Crippen LogP contribution in [0.4, 0.5) is 15.8 Å². The lowest BCUT2D eigenvalue weighted by atomic mass is 10.0. The lowest BCUT2D eigenvalue weighted by Gasteiger charge is -2.32. The molecule has 5 rings (SSSR count). The van der Waals surface area contributed by atoms with Crippen LogP contribution in [0.1, 0.15) is 16.7 Å². The van der Waals surface area contributed by atoms with Crippen LogP contribution in [0.5, 0.6) is 0 Å². The van der Waals surface area contributed by atoms with Gasteiger partial charge in [0.1, 0.15) is 11.6 Å². The van der Waals surface area contributed by atoms with E-state index < -0.39 is 38.1 Å². The van der Waals surface area contributed by atoms with Gasteiger partial charge in [0, 0.05) is 11.3 Å². The van der Waals surface area contributed by atoms with E-state index in [4.69, 9.17) is 11.6 Å². The fourth-order valence-electron chi connectivity index (χ4n) is 4.63. The third-order valence-corrected chi connectivity index (χ3v) is 8.57. The van der Waals surface area contributed by atoms with Crippen LogP contribution in [0.3, 0.4) is 0 Å². The molecule has 1 saturated heterocycles. The molecule has 1 atom stereocenters. The molecule has 2 amide bonds. The first-order chi connectivity index (χ1) is 15.7. The maximum atomic E-state index is 14.0. The molecule has 0 aromatic heterocycles. The number of aryl methyl sites for hydroxylation is 1. The number of benzene rings is 3. The average Bonchev–Trinajstić information content (AvgIpc) is 3.14. The lowest BCUT2D eigenvalue weighted by Crippen LogP contribution is -2.54. The zero-order valence-corrected chi connectivity index (χ0v) is 19.0. The number of fused-ring (bicyclic) bond motifs is 2. The molecule has 9 heteroatoms. The van der Waals surface area contributed by atoms with E-state index in [-0.39, 0.29) is 22.8 Å². The van der Waals surface area contributed by atoms with E-state index in [1.165, 1.54) is 11.0 Å². The molecule has 2 aliphatic rings. The minimum Gasteiger partial charge on any atom is -0.304 e. The van der Waals surface area contributed by atoms with Crippen molar-refractivity contribution in [2.24, 2.45) is 0 Å². The maximum Gasteiger partial charge on any atom is 0.274 e. The van der Waals surface area contributed by atoms with E-state index in [1.807, 2.05) is 31.2 Å². The van der Waals surface area contributed by atoms with Crippen LogP contribution < -0.4 is 9.80 Å². The fraction of sp³-hybridized carbons (Fsp3) is 0.167. The summed E-state index contributed by atoms with van der Waals surface area (Å²) < 4.78 is 40.9. The second kappa shape index (κ2) is 7.40. The number of rotatable bonds is 3. The summed E-state index contributed by atoms with van der Waals surface area (Å²) in [5.74, 6) is -3.10. The molecule has 0 unspecified atom stereocenters. The first-order valence-corrected chi connectivity index (χ1v) is 12.2. The van der Waals surface area contributed by atoms with Gasteiger partial charge in [0.15, 0.2) is 9.84 Å². The number of carbonyl (C=O) groups excluding carboxylic acids is 2. The summed E-state index contributed by atoms with van der Waals surface area (Å²) in [4.78, 5) is 27.2. The van der Waals surface area contributed by atoms with Gasteiger partial charge in [-0.05, 0) is 42.3 Å². The van der Waals surface area contributed by atoms with E-state index in [0.717, 1.165) is 28.2 Å². The van der Waals surface area contributed by atoms with Crippen molar-refractivity contribution >= 4 is 44.6 Å². The van der Waals surface area contributed by atoms with Crippen molar-refractivity contribution in [3.8, 4) is 0 Å². The number of carbonyl (C=O) groups is 2. The summed E-state index contributed by atoms with van der Waals surface area (Å²) in [5, 5.41) is -0.282. The van der Waals surface area contributed by atoms with E-state index in [0.29, 0.717) is 5.69 Å². The molecule has 0 saturated carbocycles. The Morgan fingerprint density at radius 3 is 2.45 bits per heavy atom. The summed E-state index contributed by atoms with van der Waals surface area (Å²) in [6.45, 7) is 2.03. The molecule has 1 fully saturated rings. The maximum absolute atomic E-state index is 14.0. The van der Waals surface area contributed by atoms with Crippen molar-refractivity contribution in [2.75, 3.05) is 15.6 Å². The predicted molar refractivity (Wildman–Crippen MR) is 123 cm³/mol. The summed E-state index contributed by atoms with van der Waals surface area (Å²) >= 11 is 5.94. The van der Waals surface area contributed by atoms with Crippen LogP contribution in [0.15, 0.2) is 66.7 Å². The zero-order valence-electron chi connectivity index (χ0n) is 17.5. The Balaban J connectivity index is 1.75. The van der Waals surface area contributed by atoms with Crippen molar-refractivity contribution in [2.45, 2.75) is 18.3 Å². The van der Waals surface area contributed by atoms with Gasteiger partial charge < -0.3 is 4.90 Å². The smallest absolute Gasteiger partial charge is 0.274 e. The lowest BCUT2D eigenvalue weighted by molar-refractivity contribution is -0.123. The molecule has 1 spiro atoms. The number of amides is 2. The first-order valence-electron chi connectivity index (χ1n) is 10.1. The Hall–Kier alpha value is -3.23. The number of hydrogen-bond donors (Lipinski definition) is 0. The Labute approximate surface area is 195 Å². The largest absolute Gasteiger partial charge is 0.304 e. The van der Waals surface area contributed by atoms with Gasteiger partial charge in [-0.25, -0.2) is 12.8 Å². The van der Waals surface area contributed by atoms with Crippen LogP contribution in [-0.4, -0.2) is 26.0 Å². The van der Waals surface area contributed by atoms with Gasteiger partial charge >= 0.3 is 0 Å². The summed E-state index contributed by atoms with van der Waals surface area (Å²) in [6.07, 6.45) is 0. The first kappa shape index (κ1) is 21.6. The van der Waals surface area contributed by atoms with Gasteiger partial charge in [-0.3, -0.25) is 14.5 Å². The van der Waals surface area contributed by atoms with Gasteiger partial charge in [0.2, 0.25) is 5.91 Å². The molecule has 3 aromatic carbocycles. The molecule has 33 heavy (non-hydrogen) atoms. The van der Waals surface area contributed by atoms with Crippen molar-refractivity contribution in [3.05, 3.63) is 94.3 Å². The Bertz CT molecular complexity index is 1440. The average molecular weight is 485 g/mol. The van der Waals surface area contributed by atoms with Crippen LogP contribution in [-0.2, 0) is 30.8 Å². The standard InChI is InChI=1S/C24H18ClFN2O4S/c1-15-6-2-3-7-16(15)13-27-21-9-5-4-8-18(21)24(23(27)30)28(22(29)14-33(24,31)32)17-10-11-20(26)19(25)12-17/h2-12H,13-14H2,1H3/t24-/m1/s1. The van der Waals surface area contributed by atoms with Crippen molar-refractivity contribution in [1.82, 2.24) is 0 Å². The highest BCUT2D eigenvalue weighted by Gasteiger charge is 2.69. The minimum absolute atomic E-state index is 0.0355. The molecule has 2 aliphatic heterocycles. The van der Waals surface area contributed by atoms with Gasteiger partial charge in [-0.2, -0.15) is 0 Å². The number of hydrogen-bond acceptors (Lipinski definition) is 4. The molecule has 3 aromatic rings. The molecular formula is C24H18ClFN2O4S. The Kier molecular flexibility index (Phi) is 4.84. The topological polar surface area (TPSA) is 74.8 Å². The fourth-order valence-corrected chi connectivity index (χ4v) is 6.84. The van der Waals surface area contributed by atoms with Crippen LogP contribution >= 0.6 is 11.6 Å². The molecule has 6 nitrogen and oxygen atoms in total. The van der Waals surface area contributed by atoms with E-state index in [2.05, 4.69) is 0 Å². The highest BCUT2D eigenvalue weighted by atomic mass is 35.5. The van der Waals surface area contributed by atoms with E-state index in [1.54, 1.807) is 24.3 Å². The van der Waals surface area contributed by atoms with E-state index in [9.17, 15) is 22.4 Å². The monoisotopic (exact) mass is 484 g/mol. The summed E-state index contributed by atoms with van der Waals surface area (Å²) in [7, 11) is -4.31. The number of para-hydroxylation sites is 1. The van der Waals surface area contributed by atoms with Gasteiger partial charge in [0.25, 0.3) is 10.8 Å². The summed E-state index contributed by atoms with van der Waals surface area (Å²) in [6, 6.07) is 17.5. The zero-order chi connectivity index (χ0) is 23.5. The third kappa shape index (κ3) is 2.94. The summed E-state index contributed by atoms with van der Waals surface area (Å²) in [5.41, 5.74) is 2.41. The van der Waals surface area contributed by atoms with E-state index >= 15 is 0 Å². The number of halogens is 2. The highest BCUT2D eigenvalue weighted by molar-refractivity contribution is 7.94. The van der Waals surface area contributed by atoms with Gasteiger partial charge in [-0.1, -0.05) is 54.1 Å². The van der Waals surface area contributed by atoms with Crippen molar-refractivity contribution in [3.63, 3.8) is 0 Å².